The van der Waals surface area contributed by atoms with Crippen molar-refractivity contribution >= 4 is 5.78 Å². The number of nitrogens with zero attached hydrogens (tertiary/aromatic N) is 1. The molecule has 0 spiro atoms. The van der Waals surface area contributed by atoms with Gasteiger partial charge in [0.2, 0.25) is 0 Å². The molecule has 0 aromatic carbocycles. The summed E-state index contributed by atoms with van der Waals surface area (Å²) in [7, 11) is 0. The zero-order valence-corrected chi connectivity index (χ0v) is 10.2. The molecule has 0 amide bonds. The van der Waals surface area contributed by atoms with Crippen molar-refractivity contribution in [1.82, 2.24) is 4.90 Å². The van der Waals surface area contributed by atoms with Crippen LogP contribution < -0.4 is 0 Å². The number of carbonyl (C=O) groups is 1. The molecule has 0 N–H and O–H groups in total. The molecule has 0 radical (unpaired) electrons. The average Bonchev–Trinajstić information content (AvgIpc) is 2.17. The van der Waals surface area contributed by atoms with Crippen LogP contribution >= 0.6 is 0 Å². The van der Waals surface area contributed by atoms with Gasteiger partial charge in [0.05, 0.1) is 5.54 Å². The van der Waals surface area contributed by atoms with E-state index in [4.69, 9.17) is 0 Å². The van der Waals surface area contributed by atoms with E-state index < -0.39 is 0 Å². The molecule has 2 nitrogen and oxygen atoms in total. The van der Waals surface area contributed by atoms with Crippen LogP contribution in [0.3, 0.4) is 0 Å². The molecule has 14 heavy (non-hydrogen) atoms. The van der Waals surface area contributed by atoms with E-state index in [0.717, 1.165) is 19.5 Å². The minimum Gasteiger partial charge on any atom is -0.292 e. The molecular formula is C12H23NO. The molecule has 2 heteroatoms. The Bertz CT molecular complexity index is 218. The van der Waals surface area contributed by atoms with Crippen LogP contribution in [-0.4, -0.2) is 29.3 Å². The van der Waals surface area contributed by atoms with Crippen LogP contribution in [0.5, 0.6) is 0 Å². The van der Waals surface area contributed by atoms with E-state index in [1.54, 1.807) is 6.92 Å². The van der Waals surface area contributed by atoms with Crippen molar-refractivity contribution in [1.29, 1.82) is 0 Å². The number of carbonyl (C=O) groups excluding carboxylic acids is 1. The minimum atomic E-state index is -0.366. The lowest BCUT2D eigenvalue weighted by atomic mass is 9.87. The van der Waals surface area contributed by atoms with Crippen LogP contribution in [-0.2, 0) is 4.79 Å². The van der Waals surface area contributed by atoms with E-state index in [1.165, 1.54) is 0 Å². The first-order chi connectivity index (χ1) is 6.43. The number of hydrogen-bond acceptors (Lipinski definition) is 2. The van der Waals surface area contributed by atoms with E-state index in [9.17, 15) is 4.79 Å². The van der Waals surface area contributed by atoms with Crippen molar-refractivity contribution in [3.8, 4) is 0 Å². The molecule has 0 bridgehead atoms. The van der Waals surface area contributed by atoms with Crippen molar-refractivity contribution in [3.05, 3.63) is 12.2 Å². The maximum absolute atomic E-state index is 12.0. The number of Topliss-reactive ketones (excluding diaryl/α,β-unsaturated/α-hetero) is 1. The Hall–Kier alpha value is -0.630. The molecule has 0 rings (SSSR count). The highest BCUT2D eigenvalue weighted by Crippen LogP contribution is 2.23. The standard InChI is InChI=1S/C12H23NO/c1-7-12(6,11(14)10(4)5)13(8-2)9-3/h4,7-9H2,1-3,5-6H3. The monoisotopic (exact) mass is 197 g/mol. The fourth-order valence-corrected chi connectivity index (χ4v) is 1.91. The molecule has 0 aromatic heterocycles. The van der Waals surface area contributed by atoms with Gasteiger partial charge >= 0.3 is 0 Å². The van der Waals surface area contributed by atoms with E-state index in [2.05, 4.69) is 32.3 Å². The zero-order chi connectivity index (χ0) is 11.4. The molecule has 0 aliphatic heterocycles. The van der Waals surface area contributed by atoms with Crippen molar-refractivity contribution < 1.29 is 4.79 Å². The highest BCUT2D eigenvalue weighted by Gasteiger charge is 2.35. The van der Waals surface area contributed by atoms with E-state index in [0.29, 0.717) is 5.57 Å². The smallest absolute Gasteiger partial charge is 0.177 e. The van der Waals surface area contributed by atoms with Gasteiger partial charge in [-0.05, 0) is 38.9 Å². The Morgan fingerprint density at radius 3 is 1.93 bits per heavy atom. The summed E-state index contributed by atoms with van der Waals surface area (Å²) in [5, 5.41) is 0. The fourth-order valence-electron chi connectivity index (χ4n) is 1.91. The van der Waals surface area contributed by atoms with Crippen LogP contribution in [0.25, 0.3) is 0 Å². The highest BCUT2D eigenvalue weighted by atomic mass is 16.1. The first kappa shape index (κ1) is 13.4. The summed E-state index contributed by atoms with van der Waals surface area (Å²) in [5.41, 5.74) is 0.288. The highest BCUT2D eigenvalue weighted by molar-refractivity contribution is 6.01. The molecule has 0 fully saturated rings. The van der Waals surface area contributed by atoms with Gasteiger partial charge in [0.25, 0.3) is 0 Å². The molecule has 0 aromatic rings. The second-order valence-corrected chi connectivity index (χ2v) is 3.91. The minimum absolute atomic E-state index is 0.170. The van der Waals surface area contributed by atoms with Gasteiger partial charge in [-0.2, -0.15) is 0 Å². The third kappa shape index (κ3) is 2.44. The molecular weight excluding hydrogens is 174 g/mol. The summed E-state index contributed by atoms with van der Waals surface area (Å²) >= 11 is 0. The summed E-state index contributed by atoms with van der Waals surface area (Å²) in [4.78, 5) is 14.2. The molecule has 0 heterocycles. The maximum Gasteiger partial charge on any atom is 0.177 e. The Morgan fingerprint density at radius 2 is 1.71 bits per heavy atom. The Morgan fingerprint density at radius 1 is 1.29 bits per heavy atom. The van der Waals surface area contributed by atoms with Crippen molar-refractivity contribution in [3.63, 3.8) is 0 Å². The normalized spacial score (nSPS) is 15.3. The second kappa shape index (κ2) is 5.30. The van der Waals surface area contributed by atoms with Gasteiger partial charge in [-0.25, -0.2) is 0 Å². The van der Waals surface area contributed by atoms with Gasteiger partial charge < -0.3 is 0 Å². The van der Waals surface area contributed by atoms with E-state index in [1.807, 2.05) is 6.92 Å². The molecule has 0 aliphatic rings. The average molecular weight is 197 g/mol. The van der Waals surface area contributed by atoms with Crippen molar-refractivity contribution in [2.75, 3.05) is 13.1 Å². The Kier molecular flexibility index (Phi) is 5.06. The van der Waals surface area contributed by atoms with Gasteiger partial charge in [0, 0.05) is 0 Å². The number of ketones is 1. The van der Waals surface area contributed by atoms with Gasteiger partial charge in [-0.15, -0.1) is 0 Å². The van der Waals surface area contributed by atoms with Gasteiger partial charge in [0.1, 0.15) is 0 Å². The molecule has 0 saturated carbocycles. The molecule has 82 valence electrons. The zero-order valence-electron chi connectivity index (χ0n) is 10.2. The maximum atomic E-state index is 12.0. The van der Waals surface area contributed by atoms with Crippen LogP contribution in [0, 0.1) is 0 Å². The quantitative estimate of drug-likeness (QED) is 0.610. The first-order valence-corrected chi connectivity index (χ1v) is 5.39. The number of rotatable bonds is 6. The lowest BCUT2D eigenvalue weighted by molar-refractivity contribution is -0.126. The lowest BCUT2D eigenvalue weighted by Gasteiger charge is -2.38. The van der Waals surface area contributed by atoms with Crippen LogP contribution in [0.15, 0.2) is 12.2 Å². The predicted octanol–water partition coefficient (Wildman–Crippen LogP) is 2.64. The summed E-state index contributed by atoms with van der Waals surface area (Å²) in [6.45, 7) is 15.6. The Balaban J connectivity index is 4.95. The van der Waals surface area contributed by atoms with Crippen LogP contribution in [0.1, 0.15) is 41.0 Å². The third-order valence-electron chi connectivity index (χ3n) is 3.03. The van der Waals surface area contributed by atoms with Gasteiger partial charge in [-0.1, -0.05) is 27.4 Å². The summed E-state index contributed by atoms with van der Waals surface area (Å²) in [5.74, 6) is 0.170. The van der Waals surface area contributed by atoms with Crippen molar-refractivity contribution in [2.24, 2.45) is 0 Å². The molecule has 0 saturated heterocycles. The van der Waals surface area contributed by atoms with Crippen molar-refractivity contribution in [2.45, 2.75) is 46.6 Å². The third-order valence-corrected chi connectivity index (χ3v) is 3.03. The van der Waals surface area contributed by atoms with Gasteiger partial charge in [-0.3, -0.25) is 9.69 Å². The summed E-state index contributed by atoms with van der Waals surface area (Å²) in [6, 6.07) is 0. The van der Waals surface area contributed by atoms with Crippen LogP contribution in [0.2, 0.25) is 0 Å². The molecule has 1 unspecified atom stereocenters. The Labute approximate surface area is 88.0 Å². The van der Waals surface area contributed by atoms with Gasteiger partial charge in [0.15, 0.2) is 5.78 Å². The molecule has 1 atom stereocenters. The fraction of sp³-hybridized carbons (Fsp3) is 0.750. The summed E-state index contributed by atoms with van der Waals surface area (Å²) in [6.07, 6.45) is 0.834. The van der Waals surface area contributed by atoms with Crippen LogP contribution in [0.4, 0.5) is 0 Å². The van der Waals surface area contributed by atoms with E-state index in [-0.39, 0.29) is 11.3 Å². The molecule has 0 aliphatic carbocycles. The topological polar surface area (TPSA) is 20.3 Å². The number of likely N-dealkylation sites (N-methyl/N-ethyl adjacent to an activating group) is 1. The largest absolute Gasteiger partial charge is 0.292 e. The predicted molar refractivity (Wildman–Crippen MR) is 61.4 cm³/mol. The summed E-state index contributed by atoms with van der Waals surface area (Å²) < 4.78 is 0. The second-order valence-electron chi connectivity index (χ2n) is 3.91. The number of hydrogen-bond donors (Lipinski definition) is 0. The first-order valence-electron chi connectivity index (χ1n) is 5.39. The lowest BCUT2D eigenvalue weighted by Crippen LogP contribution is -2.52. The van der Waals surface area contributed by atoms with E-state index >= 15 is 0 Å². The SMILES string of the molecule is C=C(C)C(=O)C(C)(CC)N(CC)CC.